The minimum absolute atomic E-state index is 0.480. The summed E-state index contributed by atoms with van der Waals surface area (Å²) < 4.78 is 0. The zero-order valence-electron chi connectivity index (χ0n) is 10.7. The molecule has 1 saturated carbocycles. The third-order valence-electron chi connectivity index (χ3n) is 4.37. The summed E-state index contributed by atoms with van der Waals surface area (Å²) in [6, 6.07) is 0.480. The van der Waals surface area contributed by atoms with Crippen molar-refractivity contribution >= 4 is 0 Å². The highest BCUT2D eigenvalue weighted by Gasteiger charge is 2.19. The van der Waals surface area contributed by atoms with Crippen molar-refractivity contribution < 1.29 is 0 Å². The Bertz CT molecular complexity index is 177. The monoisotopic (exact) mass is 224 g/mol. The number of nitrogens with zero attached hydrogens (tertiary/aromatic N) is 1. The van der Waals surface area contributed by atoms with Crippen LogP contribution in [0.15, 0.2) is 0 Å². The quantitative estimate of drug-likeness (QED) is 0.781. The van der Waals surface area contributed by atoms with Gasteiger partial charge in [-0.25, -0.2) is 0 Å². The highest BCUT2D eigenvalue weighted by molar-refractivity contribution is 4.76. The maximum atomic E-state index is 5.95. The Kier molecular flexibility index (Phi) is 5.11. The molecule has 1 saturated heterocycles. The largest absolute Gasteiger partial charge is 0.328 e. The molecule has 2 heteroatoms. The van der Waals surface area contributed by atoms with Crippen LogP contribution in [0.2, 0.25) is 0 Å². The Labute approximate surface area is 101 Å². The Morgan fingerprint density at radius 3 is 2.00 bits per heavy atom. The first kappa shape index (κ1) is 12.4. The molecule has 0 aromatic heterocycles. The molecular weight excluding hydrogens is 196 g/mol. The lowest BCUT2D eigenvalue weighted by atomic mass is 9.90. The van der Waals surface area contributed by atoms with E-state index in [2.05, 4.69) is 4.90 Å². The van der Waals surface area contributed by atoms with Crippen LogP contribution in [0.4, 0.5) is 0 Å². The highest BCUT2D eigenvalue weighted by Crippen LogP contribution is 2.24. The summed E-state index contributed by atoms with van der Waals surface area (Å²) in [4.78, 5) is 2.66. The molecule has 0 bridgehead atoms. The molecule has 1 heterocycles. The molecule has 0 aromatic rings. The van der Waals surface area contributed by atoms with E-state index in [1.807, 2.05) is 0 Å². The zero-order valence-corrected chi connectivity index (χ0v) is 10.7. The molecule has 0 radical (unpaired) electrons. The van der Waals surface area contributed by atoms with Gasteiger partial charge in [0, 0.05) is 12.6 Å². The van der Waals surface area contributed by atoms with Crippen molar-refractivity contribution in [2.45, 2.75) is 63.8 Å². The molecule has 1 aliphatic heterocycles. The molecule has 0 amide bonds. The van der Waals surface area contributed by atoms with Crippen LogP contribution in [0.25, 0.3) is 0 Å². The Balaban J connectivity index is 1.70. The smallest absolute Gasteiger partial charge is 0.00631 e. The Hall–Kier alpha value is -0.0800. The molecule has 0 spiro atoms. The predicted molar refractivity (Wildman–Crippen MR) is 69.5 cm³/mol. The topological polar surface area (TPSA) is 29.3 Å². The van der Waals surface area contributed by atoms with Gasteiger partial charge in [0.25, 0.3) is 0 Å². The number of nitrogens with two attached hydrogens (primary N) is 1. The van der Waals surface area contributed by atoms with Crippen molar-refractivity contribution in [3.63, 3.8) is 0 Å². The van der Waals surface area contributed by atoms with E-state index < -0.39 is 0 Å². The van der Waals surface area contributed by atoms with Crippen LogP contribution >= 0.6 is 0 Å². The lowest BCUT2D eigenvalue weighted by Gasteiger charge is -2.33. The Morgan fingerprint density at radius 1 is 0.812 bits per heavy atom. The summed E-state index contributed by atoms with van der Waals surface area (Å²) in [5, 5.41) is 0. The van der Waals surface area contributed by atoms with Gasteiger partial charge in [0.05, 0.1) is 0 Å². The molecule has 0 unspecified atom stereocenters. The van der Waals surface area contributed by atoms with Gasteiger partial charge in [-0.05, 0) is 44.7 Å². The predicted octanol–water partition coefficient (Wildman–Crippen LogP) is 2.77. The molecule has 0 atom stereocenters. The lowest BCUT2D eigenvalue weighted by molar-refractivity contribution is 0.170. The van der Waals surface area contributed by atoms with Crippen LogP contribution in [0.5, 0.6) is 0 Å². The number of hydrogen-bond acceptors (Lipinski definition) is 2. The minimum atomic E-state index is 0.480. The Morgan fingerprint density at radius 2 is 1.38 bits per heavy atom. The van der Waals surface area contributed by atoms with E-state index in [0.29, 0.717) is 6.04 Å². The summed E-state index contributed by atoms with van der Waals surface area (Å²) in [6.45, 7) is 3.85. The second kappa shape index (κ2) is 6.61. The molecule has 2 fully saturated rings. The SMILES string of the molecule is NC1CCN(CC2CCCCCCC2)CC1. The van der Waals surface area contributed by atoms with Crippen LogP contribution in [-0.2, 0) is 0 Å². The summed E-state index contributed by atoms with van der Waals surface area (Å²) in [6.07, 6.45) is 12.7. The van der Waals surface area contributed by atoms with Gasteiger partial charge in [0.15, 0.2) is 0 Å². The van der Waals surface area contributed by atoms with Crippen molar-refractivity contribution in [1.82, 2.24) is 4.90 Å². The van der Waals surface area contributed by atoms with Gasteiger partial charge in [-0.2, -0.15) is 0 Å². The zero-order chi connectivity index (χ0) is 11.2. The molecule has 2 rings (SSSR count). The molecule has 94 valence electrons. The van der Waals surface area contributed by atoms with Crippen LogP contribution < -0.4 is 5.73 Å². The van der Waals surface area contributed by atoms with Gasteiger partial charge in [-0.1, -0.05) is 32.1 Å². The second-order valence-corrected chi connectivity index (χ2v) is 5.85. The van der Waals surface area contributed by atoms with Crippen LogP contribution in [0, 0.1) is 5.92 Å². The van der Waals surface area contributed by atoms with E-state index in [0.717, 1.165) is 5.92 Å². The molecule has 2 N–H and O–H groups in total. The third-order valence-corrected chi connectivity index (χ3v) is 4.37. The fourth-order valence-corrected chi connectivity index (χ4v) is 3.22. The molecule has 1 aliphatic carbocycles. The normalized spacial score (nSPS) is 27.6. The van der Waals surface area contributed by atoms with Crippen LogP contribution in [0.1, 0.15) is 57.8 Å². The average Bonchev–Trinajstić information content (AvgIpc) is 2.25. The van der Waals surface area contributed by atoms with Gasteiger partial charge in [0.1, 0.15) is 0 Å². The summed E-state index contributed by atoms with van der Waals surface area (Å²) in [5.74, 6) is 0.981. The number of likely N-dealkylation sites (tertiary alicyclic amines) is 1. The maximum absolute atomic E-state index is 5.95. The second-order valence-electron chi connectivity index (χ2n) is 5.85. The molecule has 0 aromatic carbocycles. The fraction of sp³-hybridized carbons (Fsp3) is 1.00. The van der Waals surface area contributed by atoms with Gasteiger partial charge in [-0.15, -0.1) is 0 Å². The van der Waals surface area contributed by atoms with Crippen molar-refractivity contribution in [1.29, 1.82) is 0 Å². The van der Waals surface area contributed by atoms with E-state index >= 15 is 0 Å². The van der Waals surface area contributed by atoms with Crippen LogP contribution in [-0.4, -0.2) is 30.6 Å². The van der Waals surface area contributed by atoms with Gasteiger partial charge < -0.3 is 10.6 Å². The maximum Gasteiger partial charge on any atom is 0.00631 e. The molecule has 2 nitrogen and oxygen atoms in total. The molecular formula is C14H28N2. The molecule has 16 heavy (non-hydrogen) atoms. The standard InChI is InChI=1S/C14H28N2/c15-14-8-10-16(11-9-14)12-13-6-4-2-1-3-5-7-13/h13-14H,1-12,15H2. The number of hydrogen-bond donors (Lipinski definition) is 1. The molecule has 2 aliphatic rings. The van der Waals surface area contributed by atoms with Gasteiger partial charge in [-0.3, -0.25) is 0 Å². The summed E-state index contributed by atoms with van der Waals surface area (Å²) in [5.41, 5.74) is 5.95. The van der Waals surface area contributed by atoms with Gasteiger partial charge >= 0.3 is 0 Å². The first-order valence-electron chi connectivity index (χ1n) is 7.32. The van der Waals surface area contributed by atoms with Crippen molar-refractivity contribution in [2.24, 2.45) is 11.7 Å². The van der Waals surface area contributed by atoms with E-state index in [-0.39, 0.29) is 0 Å². The number of rotatable bonds is 2. The van der Waals surface area contributed by atoms with E-state index in [1.54, 1.807) is 0 Å². The summed E-state index contributed by atoms with van der Waals surface area (Å²) >= 11 is 0. The van der Waals surface area contributed by atoms with Crippen molar-refractivity contribution in [2.75, 3.05) is 19.6 Å². The average molecular weight is 224 g/mol. The fourth-order valence-electron chi connectivity index (χ4n) is 3.22. The van der Waals surface area contributed by atoms with Crippen molar-refractivity contribution in [3.05, 3.63) is 0 Å². The highest BCUT2D eigenvalue weighted by atomic mass is 15.1. The van der Waals surface area contributed by atoms with Crippen LogP contribution in [0.3, 0.4) is 0 Å². The van der Waals surface area contributed by atoms with Gasteiger partial charge in [0.2, 0.25) is 0 Å². The first-order valence-corrected chi connectivity index (χ1v) is 7.32. The third kappa shape index (κ3) is 4.06. The summed E-state index contributed by atoms with van der Waals surface area (Å²) in [7, 11) is 0. The first-order chi connectivity index (χ1) is 7.84. The van der Waals surface area contributed by atoms with Crippen molar-refractivity contribution in [3.8, 4) is 0 Å². The van der Waals surface area contributed by atoms with E-state index in [1.165, 1.54) is 77.4 Å². The van der Waals surface area contributed by atoms with E-state index in [4.69, 9.17) is 5.73 Å². The van der Waals surface area contributed by atoms with E-state index in [9.17, 15) is 0 Å². The minimum Gasteiger partial charge on any atom is -0.328 e. The number of piperidine rings is 1. The lowest BCUT2D eigenvalue weighted by Crippen LogP contribution is -2.41.